The lowest BCUT2D eigenvalue weighted by Gasteiger charge is -2.47. The highest BCUT2D eigenvalue weighted by atomic mass is 32.2. The van der Waals surface area contributed by atoms with Crippen LogP contribution < -0.4 is 4.72 Å². The lowest BCUT2D eigenvalue weighted by atomic mass is 9.83. The molecule has 1 atom stereocenters. The molecule has 4 rings (SSSR count). The van der Waals surface area contributed by atoms with E-state index in [9.17, 15) is 17.2 Å². The highest BCUT2D eigenvalue weighted by molar-refractivity contribution is 7.89. The molecule has 0 amide bonds. The van der Waals surface area contributed by atoms with E-state index in [1.807, 2.05) is 0 Å². The Morgan fingerprint density at radius 1 is 1.15 bits per heavy atom. The van der Waals surface area contributed by atoms with Gasteiger partial charge in [0.1, 0.15) is 0 Å². The zero-order valence-electron chi connectivity index (χ0n) is 11.4. The molecule has 116 valence electrons. The number of halogens is 2. The highest BCUT2D eigenvalue weighted by Crippen LogP contribution is 2.42. The smallest absolute Gasteiger partial charge is 0.248 e. The van der Waals surface area contributed by atoms with Gasteiger partial charge in [-0.25, -0.2) is 21.9 Å². The van der Waals surface area contributed by atoms with Crippen molar-refractivity contribution in [3.05, 3.63) is 0 Å². The van der Waals surface area contributed by atoms with Crippen LogP contribution in [0.3, 0.4) is 0 Å². The molecule has 1 saturated carbocycles. The van der Waals surface area contributed by atoms with E-state index >= 15 is 0 Å². The van der Waals surface area contributed by atoms with Crippen LogP contribution in [0.5, 0.6) is 0 Å². The van der Waals surface area contributed by atoms with Crippen LogP contribution in [0.1, 0.15) is 12.8 Å². The van der Waals surface area contributed by atoms with Crippen LogP contribution >= 0.6 is 0 Å². The van der Waals surface area contributed by atoms with Gasteiger partial charge in [0.25, 0.3) is 0 Å². The molecule has 4 aliphatic rings. The van der Waals surface area contributed by atoms with Gasteiger partial charge in [0, 0.05) is 58.2 Å². The molecule has 0 aromatic rings. The molecule has 1 N–H and O–H groups in total. The Morgan fingerprint density at radius 2 is 1.80 bits per heavy atom. The third kappa shape index (κ3) is 3.29. The molecule has 4 fully saturated rings. The first-order chi connectivity index (χ1) is 9.33. The Bertz CT molecular complexity index is 455. The van der Waals surface area contributed by atoms with E-state index in [4.69, 9.17) is 0 Å². The summed E-state index contributed by atoms with van der Waals surface area (Å²) in [5, 5.41) is 0. The second kappa shape index (κ2) is 5.15. The number of rotatable bonds is 5. The second-order valence-electron chi connectivity index (χ2n) is 6.25. The Hall–Kier alpha value is -0.310. The minimum absolute atomic E-state index is 0.168. The third-order valence-corrected chi connectivity index (χ3v) is 6.08. The number of nitrogens with zero attached hydrogens (tertiary/aromatic N) is 2. The summed E-state index contributed by atoms with van der Waals surface area (Å²) in [6, 6.07) is 0.218. The number of alkyl halides is 2. The Kier molecular flexibility index (Phi) is 3.77. The van der Waals surface area contributed by atoms with Crippen LogP contribution in [-0.4, -0.2) is 75.2 Å². The summed E-state index contributed by atoms with van der Waals surface area (Å²) in [4.78, 5) is 4.64. The molecule has 3 heterocycles. The molecule has 0 aromatic heterocycles. The van der Waals surface area contributed by atoms with Crippen LogP contribution in [-0.2, 0) is 10.0 Å². The van der Waals surface area contributed by atoms with E-state index < -0.39 is 21.9 Å². The van der Waals surface area contributed by atoms with Crippen molar-refractivity contribution in [1.82, 2.24) is 14.5 Å². The first-order valence-corrected chi connectivity index (χ1v) is 8.80. The predicted molar refractivity (Wildman–Crippen MR) is 71.3 cm³/mol. The van der Waals surface area contributed by atoms with E-state index in [1.165, 1.54) is 0 Å². The molecule has 1 unspecified atom stereocenters. The zero-order chi connectivity index (χ0) is 14.4. The lowest BCUT2D eigenvalue weighted by Crippen LogP contribution is -2.63. The van der Waals surface area contributed by atoms with Crippen molar-refractivity contribution in [3.63, 3.8) is 0 Å². The lowest BCUT2D eigenvalue weighted by molar-refractivity contribution is -0.103. The average molecular weight is 309 g/mol. The topological polar surface area (TPSA) is 52.7 Å². The maximum Gasteiger partial charge on any atom is 0.248 e. The van der Waals surface area contributed by atoms with Crippen molar-refractivity contribution in [2.45, 2.75) is 24.8 Å². The summed E-state index contributed by atoms with van der Waals surface area (Å²) < 4.78 is 51.8. The molecule has 5 nitrogen and oxygen atoms in total. The monoisotopic (exact) mass is 309 g/mol. The van der Waals surface area contributed by atoms with E-state index in [1.54, 1.807) is 0 Å². The number of fused-ring (bicyclic) bond motifs is 3. The third-order valence-electron chi connectivity index (χ3n) is 4.56. The SMILES string of the molecule is O=S(=O)(CC1CC(F)(F)C1)NCC1CN2CCN1CC2. The van der Waals surface area contributed by atoms with Crippen molar-refractivity contribution in [2.24, 2.45) is 5.92 Å². The Labute approximate surface area is 118 Å². The molecular weight excluding hydrogens is 288 g/mol. The van der Waals surface area contributed by atoms with Gasteiger partial charge in [-0.2, -0.15) is 0 Å². The van der Waals surface area contributed by atoms with Gasteiger partial charge in [0.05, 0.1) is 5.75 Å². The Morgan fingerprint density at radius 3 is 2.30 bits per heavy atom. The number of nitrogens with one attached hydrogen (secondary N) is 1. The average Bonchev–Trinajstić information content (AvgIpc) is 2.35. The first kappa shape index (κ1) is 14.6. The fraction of sp³-hybridized carbons (Fsp3) is 1.00. The van der Waals surface area contributed by atoms with Gasteiger partial charge >= 0.3 is 0 Å². The van der Waals surface area contributed by atoms with E-state index in [0.29, 0.717) is 6.54 Å². The Balaban J connectivity index is 1.45. The first-order valence-electron chi connectivity index (χ1n) is 7.15. The van der Waals surface area contributed by atoms with E-state index in [-0.39, 0.29) is 24.6 Å². The summed E-state index contributed by atoms with van der Waals surface area (Å²) in [6.07, 6.45) is -0.589. The predicted octanol–water partition coefficient (Wildman–Crippen LogP) is -0.0491. The van der Waals surface area contributed by atoms with Crippen LogP contribution in [0.25, 0.3) is 0 Å². The maximum atomic E-state index is 12.7. The number of piperazine rings is 3. The van der Waals surface area contributed by atoms with Crippen molar-refractivity contribution in [1.29, 1.82) is 0 Å². The molecule has 0 spiro atoms. The van der Waals surface area contributed by atoms with Gasteiger partial charge in [0.15, 0.2) is 0 Å². The quantitative estimate of drug-likeness (QED) is 0.774. The molecular formula is C12H21F2N3O2S. The highest BCUT2D eigenvalue weighted by Gasteiger charge is 2.46. The summed E-state index contributed by atoms with van der Waals surface area (Å²) in [5.74, 6) is -3.21. The maximum absolute atomic E-state index is 12.7. The fourth-order valence-corrected chi connectivity index (χ4v) is 4.83. The largest absolute Gasteiger partial charge is 0.299 e. The van der Waals surface area contributed by atoms with Gasteiger partial charge in [-0.15, -0.1) is 0 Å². The van der Waals surface area contributed by atoms with E-state index in [0.717, 1.165) is 32.7 Å². The summed E-state index contributed by atoms with van der Waals surface area (Å²) >= 11 is 0. The molecule has 1 aliphatic carbocycles. The summed E-state index contributed by atoms with van der Waals surface area (Å²) in [7, 11) is -3.44. The van der Waals surface area contributed by atoms with Gasteiger partial charge < -0.3 is 0 Å². The molecule has 2 bridgehead atoms. The van der Waals surface area contributed by atoms with Gasteiger partial charge in [-0.05, 0) is 5.92 Å². The molecule has 8 heteroatoms. The molecule has 3 aliphatic heterocycles. The van der Waals surface area contributed by atoms with Crippen LogP contribution in [0.2, 0.25) is 0 Å². The van der Waals surface area contributed by atoms with Crippen LogP contribution in [0, 0.1) is 5.92 Å². The molecule has 3 saturated heterocycles. The molecule has 0 radical (unpaired) electrons. The van der Waals surface area contributed by atoms with Crippen molar-refractivity contribution in [2.75, 3.05) is 45.0 Å². The van der Waals surface area contributed by atoms with Gasteiger partial charge in [0.2, 0.25) is 15.9 Å². The summed E-state index contributed by atoms with van der Waals surface area (Å²) in [6.45, 7) is 5.37. The normalized spacial score (nSPS) is 36.8. The fourth-order valence-electron chi connectivity index (χ4n) is 3.41. The van der Waals surface area contributed by atoms with E-state index in [2.05, 4.69) is 14.5 Å². The van der Waals surface area contributed by atoms with Crippen LogP contribution in [0.15, 0.2) is 0 Å². The standard InChI is InChI=1S/C12H21F2N3O2S/c13-12(14)5-10(6-12)9-20(18,19)15-7-11-8-16-1-3-17(11)4-2-16/h10-11,15H,1-9H2. The molecule has 0 aromatic carbocycles. The van der Waals surface area contributed by atoms with Crippen molar-refractivity contribution >= 4 is 10.0 Å². The summed E-state index contributed by atoms with van der Waals surface area (Å²) in [5.41, 5.74) is 0. The van der Waals surface area contributed by atoms with Gasteiger partial charge in [-0.1, -0.05) is 0 Å². The minimum Gasteiger partial charge on any atom is -0.299 e. The number of sulfonamides is 1. The number of hydrogen-bond acceptors (Lipinski definition) is 4. The molecule has 20 heavy (non-hydrogen) atoms. The number of hydrogen-bond donors (Lipinski definition) is 1. The van der Waals surface area contributed by atoms with Crippen LogP contribution in [0.4, 0.5) is 8.78 Å². The van der Waals surface area contributed by atoms with Crippen molar-refractivity contribution in [3.8, 4) is 0 Å². The van der Waals surface area contributed by atoms with Gasteiger partial charge in [-0.3, -0.25) is 9.80 Å². The minimum atomic E-state index is -3.44. The second-order valence-corrected chi connectivity index (χ2v) is 8.10. The van der Waals surface area contributed by atoms with Crippen molar-refractivity contribution < 1.29 is 17.2 Å². The zero-order valence-corrected chi connectivity index (χ0v) is 12.2.